The first-order chi connectivity index (χ1) is 12.7. The fourth-order valence-corrected chi connectivity index (χ4v) is 5.47. The second-order valence-corrected chi connectivity index (χ2v) is 8.68. The Bertz CT molecular complexity index is 605. The third kappa shape index (κ3) is 4.06. The molecule has 1 aromatic carbocycles. The van der Waals surface area contributed by atoms with Crippen LogP contribution in [0, 0.1) is 17.8 Å². The van der Waals surface area contributed by atoms with E-state index in [1.807, 2.05) is 4.90 Å². The molecule has 26 heavy (non-hydrogen) atoms. The van der Waals surface area contributed by atoms with Crippen molar-refractivity contribution in [2.45, 2.75) is 51.6 Å². The summed E-state index contributed by atoms with van der Waals surface area (Å²) in [5.41, 5.74) is 1.36. The summed E-state index contributed by atoms with van der Waals surface area (Å²) >= 11 is 0. The quantitative estimate of drug-likeness (QED) is 0.893. The molecule has 1 aromatic rings. The van der Waals surface area contributed by atoms with Crippen LogP contribution in [0.1, 0.15) is 44.6 Å². The van der Waals surface area contributed by atoms with Gasteiger partial charge >= 0.3 is 6.03 Å². The van der Waals surface area contributed by atoms with E-state index in [0.717, 1.165) is 51.0 Å². The SMILES string of the molecule is CC(NC(=O)N1CCCN(Cc2ccccc2)CC1)C1CC2CCC1C2. The van der Waals surface area contributed by atoms with E-state index in [2.05, 4.69) is 47.5 Å². The van der Waals surface area contributed by atoms with Crippen LogP contribution in [0.25, 0.3) is 0 Å². The van der Waals surface area contributed by atoms with Gasteiger partial charge in [-0.25, -0.2) is 4.79 Å². The molecule has 0 spiro atoms. The van der Waals surface area contributed by atoms with Gasteiger partial charge in [-0.1, -0.05) is 36.8 Å². The zero-order chi connectivity index (χ0) is 17.9. The number of nitrogens with zero attached hydrogens (tertiary/aromatic N) is 2. The molecule has 4 heteroatoms. The standard InChI is InChI=1S/C22H33N3O/c1-17(21-15-19-8-9-20(21)14-19)23-22(26)25-11-5-10-24(12-13-25)16-18-6-3-2-4-7-18/h2-4,6-7,17,19-21H,5,8-16H2,1H3,(H,23,26). The van der Waals surface area contributed by atoms with Gasteiger partial charge in [-0.2, -0.15) is 0 Å². The lowest BCUT2D eigenvalue weighted by atomic mass is 9.84. The molecule has 142 valence electrons. The van der Waals surface area contributed by atoms with Crippen LogP contribution in [0.4, 0.5) is 4.79 Å². The molecule has 0 aromatic heterocycles. The van der Waals surface area contributed by atoms with Crippen LogP contribution in [-0.2, 0) is 6.54 Å². The summed E-state index contributed by atoms with van der Waals surface area (Å²) in [6, 6.07) is 11.1. The van der Waals surface area contributed by atoms with Crippen LogP contribution in [0.5, 0.6) is 0 Å². The summed E-state index contributed by atoms with van der Waals surface area (Å²) in [6.07, 6.45) is 6.60. The monoisotopic (exact) mass is 355 g/mol. The fraction of sp³-hybridized carbons (Fsp3) is 0.682. The van der Waals surface area contributed by atoms with Crippen LogP contribution in [-0.4, -0.2) is 48.1 Å². The summed E-state index contributed by atoms with van der Waals surface area (Å²) in [7, 11) is 0. The highest BCUT2D eigenvalue weighted by molar-refractivity contribution is 5.74. The average Bonchev–Trinajstić information content (AvgIpc) is 3.21. The topological polar surface area (TPSA) is 35.6 Å². The lowest BCUT2D eigenvalue weighted by Crippen LogP contribution is -2.48. The summed E-state index contributed by atoms with van der Waals surface area (Å²) < 4.78 is 0. The first-order valence-electron chi connectivity index (χ1n) is 10.5. The van der Waals surface area contributed by atoms with E-state index in [1.165, 1.54) is 31.2 Å². The Balaban J connectivity index is 1.26. The van der Waals surface area contributed by atoms with Crippen LogP contribution in [0.2, 0.25) is 0 Å². The molecule has 1 saturated heterocycles. The maximum Gasteiger partial charge on any atom is 0.317 e. The van der Waals surface area contributed by atoms with Crippen molar-refractivity contribution in [3.05, 3.63) is 35.9 Å². The highest BCUT2D eigenvalue weighted by Gasteiger charge is 2.42. The first kappa shape index (κ1) is 17.8. The minimum atomic E-state index is 0.154. The molecular weight excluding hydrogens is 322 g/mol. The van der Waals surface area contributed by atoms with Gasteiger partial charge in [0.15, 0.2) is 0 Å². The molecule has 2 bridgehead atoms. The smallest absolute Gasteiger partial charge is 0.317 e. The van der Waals surface area contributed by atoms with Crippen LogP contribution in [0.3, 0.4) is 0 Å². The van der Waals surface area contributed by atoms with Gasteiger partial charge in [0.1, 0.15) is 0 Å². The molecule has 4 atom stereocenters. The van der Waals surface area contributed by atoms with Gasteiger partial charge < -0.3 is 10.2 Å². The van der Waals surface area contributed by atoms with Crippen molar-refractivity contribution in [2.75, 3.05) is 26.2 Å². The lowest BCUT2D eigenvalue weighted by molar-refractivity contribution is 0.183. The lowest BCUT2D eigenvalue weighted by Gasteiger charge is -2.31. The normalized spacial score (nSPS) is 30.2. The molecular formula is C22H33N3O. The largest absolute Gasteiger partial charge is 0.335 e. The summed E-state index contributed by atoms with van der Waals surface area (Å²) in [5.74, 6) is 2.51. The molecule has 1 N–H and O–H groups in total. The van der Waals surface area contributed by atoms with Crippen molar-refractivity contribution in [2.24, 2.45) is 17.8 Å². The Kier molecular flexibility index (Phi) is 5.49. The maximum atomic E-state index is 12.8. The Morgan fingerprint density at radius 2 is 1.96 bits per heavy atom. The summed E-state index contributed by atoms with van der Waals surface area (Å²) in [5, 5.41) is 3.34. The van der Waals surface area contributed by atoms with E-state index in [-0.39, 0.29) is 6.03 Å². The van der Waals surface area contributed by atoms with Crippen molar-refractivity contribution >= 4 is 6.03 Å². The molecule has 3 aliphatic rings. The van der Waals surface area contributed by atoms with Gasteiger partial charge in [-0.15, -0.1) is 0 Å². The van der Waals surface area contributed by atoms with Gasteiger partial charge in [0.2, 0.25) is 0 Å². The minimum Gasteiger partial charge on any atom is -0.335 e. The molecule has 2 saturated carbocycles. The van der Waals surface area contributed by atoms with E-state index < -0.39 is 0 Å². The maximum absolute atomic E-state index is 12.8. The fourth-order valence-electron chi connectivity index (χ4n) is 5.47. The number of nitrogens with one attached hydrogen (secondary N) is 1. The number of benzene rings is 1. The van der Waals surface area contributed by atoms with Crippen LogP contribution >= 0.6 is 0 Å². The highest BCUT2D eigenvalue weighted by atomic mass is 16.2. The van der Waals surface area contributed by atoms with Crippen molar-refractivity contribution < 1.29 is 4.79 Å². The number of hydrogen-bond acceptors (Lipinski definition) is 2. The minimum absolute atomic E-state index is 0.154. The van der Waals surface area contributed by atoms with Crippen LogP contribution < -0.4 is 5.32 Å². The number of rotatable bonds is 4. The first-order valence-corrected chi connectivity index (χ1v) is 10.5. The number of hydrogen-bond donors (Lipinski definition) is 1. The molecule has 4 nitrogen and oxygen atoms in total. The number of carbonyl (C=O) groups excluding carboxylic acids is 1. The van der Waals surface area contributed by atoms with Gasteiger partial charge in [0, 0.05) is 38.8 Å². The molecule has 1 aliphatic heterocycles. The number of urea groups is 1. The molecule has 1 heterocycles. The third-order valence-corrected chi connectivity index (χ3v) is 6.91. The second kappa shape index (κ2) is 7.99. The highest BCUT2D eigenvalue weighted by Crippen LogP contribution is 2.49. The Morgan fingerprint density at radius 1 is 1.12 bits per heavy atom. The van der Waals surface area contributed by atoms with Crippen molar-refractivity contribution in [3.63, 3.8) is 0 Å². The van der Waals surface area contributed by atoms with E-state index in [1.54, 1.807) is 0 Å². The van der Waals surface area contributed by atoms with Gasteiger partial charge in [-0.3, -0.25) is 4.90 Å². The van der Waals surface area contributed by atoms with E-state index in [4.69, 9.17) is 0 Å². The van der Waals surface area contributed by atoms with E-state index in [9.17, 15) is 4.79 Å². The molecule has 3 fully saturated rings. The Hall–Kier alpha value is -1.55. The molecule has 4 rings (SSSR count). The van der Waals surface area contributed by atoms with Gasteiger partial charge in [0.05, 0.1) is 0 Å². The van der Waals surface area contributed by atoms with Crippen molar-refractivity contribution in [1.82, 2.24) is 15.1 Å². The summed E-state index contributed by atoms with van der Waals surface area (Å²) in [6.45, 7) is 6.95. The molecule has 0 radical (unpaired) electrons. The Morgan fingerprint density at radius 3 is 2.69 bits per heavy atom. The second-order valence-electron chi connectivity index (χ2n) is 8.68. The zero-order valence-electron chi connectivity index (χ0n) is 16.1. The number of carbonyl (C=O) groups is 1. The molecule has 2 aliphatic carbocycles. The number of amides is 2. The van der Waals surface area contributed by atoms with E-state index in [0.29, 0.717) is 12.0 Å². The predicted octanol–water partition coefficient (Wildman–Crippen LogP) is 3.73. The molecule has 4 unspecified atom stereocenters. The van der Waals surface area contributed by atoms with E-state index >= 15 is 0 Å². The molecule has 2 amide bonds. The summed E-state index contributed by atoms with van der Waals surface area (Å²) in [4.78, 5) is 17.3. The van der Waals surface area contributed by atoms with Crippen molar-refractivity contribution in [3.8, 4) is 0 Å². The third-order valence-electron chi connectivity index (χ3n) is 6.91. The Labute approximate surface area is 157 Å². The predicted molar refractivity (Wildman–Crippen MR) is 105 cm³/mol. The van der Waals surface area contributed by atoms with Gasteiger partial charge in [0.25, 0.3) is 0 Å². The van der Waals surface area contributed by atoms with Gasteiger partial charge in [-0.05, 0) is 55.9 Å². The average molecular weight is 356 g/mol. The zero-order valence-corrected chi connectivity index (χ0v) is 16.1. The van der Waals surface area contributed by atoms with Crippen LogP contribution in [0.15, 0.2) is 30.3 Å². The number of fused-ring (bicyclic) bond motifs is 2. The van der Waals surface area contributed by atoms with Crippen molar-refractivity contribution in [1.29, 1.82) is 0 Å².